The van der Waals surface area contributed by atoms with Gasteiger partial charge in [-0.2, -0.15) is 0 Å². The van der Waals surface area contributed by atoms with Crippen LogP contribution in [0.4, 0.5) is 0 Å². The molecule has 0 saturated carbocycles. The summed E-state index contributed by atoms with van der Waals surface area (Å²) >= 11 is 0. The van der Waals surface area contributed by atoms with Crippen LogP contribution < -0.4 is 0 Å². The molecule has 2 rings (SSSR count). The van der Waals surface area contributed by atoms with Crippen LogP contribution in [-0.4, -0.2) is 6.10 Å². The van der Waals surface area contributed by atoms with Crippen molar-refractivity contribution in [1.29, 1.82) is 0 Å². The van der Waals surface area contributed by atoms with E-state index in [9.17, 15) is 0 Å². The molecule has 0 fully saturated rings. The predicted octanol–water partition coefficient (Wildman–Crippen LogP) is 4.78. The third kappa shape index (κ3) is 3.16. The standard InChI is InChI=1S/C17H24O/c1-12(2)15-6-9-16(10-7-15)18-17-8-5-13(3)14(4)11-17/h5-6,9-12,15,17H,7-8H2,1-4H3. The van der Waals surface area contributed by atoms with Crippen LogP contribution in [0, 0.1) is 11.8 Å². The smallest absolute Gasteiger partial charge is 0.121 e. The van der Waals surface area contributed by atoms with Crippen molar-refractivity contribution in [3.05, 3.63) is 47.3 Å². The van der Waals surface area contributed by atoms with Gasteiger partial charge in [0, 0.05) is 6.42 Å². The first-order valence-electron chi connectivity index (χ1n) is 6.97. The SMILES string of the molecule is CC1=CCC(OC2=CCC(C(C)C)C=C2)C=C1C. The van der Waals surface area contributed by atoms with Crippen LogP contribution in [0.5, 0.6) is 0 Å². The molecule has 0 saturated heterocycles. The highest BCUT2D eigenvalue weighted by Crippen LogP contribution is 2.26. The molecular weight excluding hydrogens is 220 g/mol. The summed E-state index contributed by atoms with van der Waals surface area (Å²) in [5, 5.41) is 0. The Morgan fingerprint density at radius 2 is 1.89 bits per heavy atom. The molecule has 0 N–H and O–H groups in total. The maximum Gasteiger partial charge on any atom is 0.121 e. The maximum atomic E-state index is 6.03. The number of ether oxygens (including phenoxy) is 1. The van der Waals surface area contributed by atoms with Gasteiger partial charge in [-0.3, -0.25) is 0 Å². The van der Waals surface area contributed by atoms with Crippen molar-refractivity contribution in [3.8, 4) is 0 Å². The van der Waals surface area contributed by atoms with Crippen LogP contribution >= 0.6 is 0 Å². The quantitative estimate of drug-likeness (QED) is 0.694. The van der Waals surface area contributed by atoms with Gasteiger partial charge in [0.2, 0.25) is 0 Å². The maximum absolute atomic E-state index is 6.03. The van der Waals surface area contributed by atoms with E-state index in [0.29, 0.717) is 11.8 Å². The molecule has 2 atom stereocenters. The lowest BCUT2D eigenvalue weighted by Gasteiger charge is -2.24. The van der Waals surface area contributed by atoms with E-state index in [1.54, 1.807) is 0 Å². The van der Waals surface area contributed by atoms with Gasteiger partial charge in [0.15, 0.2) is 0 Å². The molecular formula is C17H24O. The van der Waals surface area contributed by atoms with Crippen LogP contribution in [0.15, 0.2) is 47.3 Å². The van der Waals surface area contributed by atoms with E-state index >= 15 is 0 Å². The fraction of sp³-hybridized carbons (Fsp3) is 0.529. The number of hydrogen-bond donors (Lipinski definition) is 0. The fourth-order valence-corrected chi connectivity index (χ4v) is 2.39. The Bertz CT molecular complexity index is 421. The number of allylic oxidation sites excluding steroid dienone is 5. The topological polar surface area (TPSA) is 9.23 Å². The summed E-state index contributed by atoms with van der Waals surface area (Å²) in [5.41, 5.74) is 2.72. The van der Waals surface area contributed by atoms with Gasteiger partial charge in [0.1, 0.15) is 11.9 Å². The van der Waals surface area contributed by atoms with Gasteiger partial charge in [-0.05, 0) is 55.9 Å². The number of rotatable bonds is 3. The predicted molar refractivity (Wildman–Crippen MR) is 77.2 cm³/mol. The minimum absolute atomic E-state index is 0.209. The fourth-order valence-electron chi connectivity index (χ4n) is 2.39. The number of hydrogen-bond acceptors (Lipinski definition) is 1. The molecule has 0 bridgehead atoms. The Hall–Kier alpha value is -1.24. The lowest BCUT2D eigenvalue weighted by atomic mass is 9.89. The van der Waals surface area contributed by atoms with E-state index in [0.717, 1.165) is 18.6 Å². The molecule has 1 heteroatoms. The Morgan fingerprint density at radius 3 is 2.44 bits per heavy atom. The molecule has 1 nitrogen and oxygen atoms in total. The molecule has 0 amide bonds. The molecule has 0 radical (unpaired) electrons. The van der Waals surface area contributed by atoms with Gasteiger partial charge >= 0.3 is 0 Å². The largest absolute Gasteiger partial charge is 0.486 e. The normalized spacial score (nSPS) is 27.7. The average Bonchev–Trinajstić information content (AvgIpc) is 2.34. The first kappa shape index (κ1) is 13.2. The van der Waals surface area contributed by atoms with Crippen LogP contribution in [0.3, 0.4) is 0 Å². The van der Waals surface area contributed by atoms with E-state index in [1.807, 2.05) is 0 Å². The highest BCUT2D eigenvalue weighted by Gasteiger charge is 2.16. The van der Waals surface area contributed by atoms with E-state index < -0.39 is 0 Å². The third-order valence-corrected chi connectivity index (χ3v) is 3.96. The monoisotopic (exact) mass is 244 g/mol. The highest BCUT2D eigenvalue weighted by atomic mass is 16.5. The summed E-state index contributed by atoms with van der Waals surface area (Å²) in [6.45, 7) is 8.86. The van der Waals surface area contributed by atoms with Crippen molar-refractivity contribution in [2.24, 2.45) is 11.8 Å². The summed E-state index contributed by atoms with van der Waals surface area (Å²) < 4.78 is 6.03. The van der Waals surface area contributed by atoms with E-state index in [2.05, 4.69) is 58.1 Å². The second kappa shape index (κ2) is 5.60. The van der Waals surface area contributed by atoms with Crippen molar-refractivity contribution in [2.75, 3.05) is 0 Å². The van der Waals surface area contributed by atoms with E-state index in [1.165, 1.54) is 11.1 Å². The first-order chi connectivity index (χ1) is 8.56. The van der Waals surface area contributed by atoms with Crippen LogP contribution in [-0.2, 0) is 4.74 Å². The van der Waals surface area contributed by atoms with Crippen molar-refractivity contribution >= 4 is 0 Å². The van der Waals surface area contributed by atoms with Crippen molar-refractivity contribution < 1.29 is 4.74 Å². The Kier molecular flexibility index (Phi) is 4.11. The summed E-state index contributed by atoms with van der Waals surface area (Å²) in [4.78, 5) is 0. The summed E-state index contributed by atoms with van der Waals surface area (Å²) in [6.07, 6.45) is 13.5. The molecule has 18 heavy (non-hydrogen) atoms. The molecule has 0 aromatic carbocycles. The zero-order valence-corrected chi connectivity index (χ0v) is 11.9. The van der Waals surface area contributed by atoms with Gasteiger partial charge in [-0.25, -0.2) is 0 Å². The summed E-state index contributed by atoms with van der Waals surface area (Å²) in [5.74, 6) is 2.42. The molecule has 0 aromatic heterocycles. The first-order valence-corrected chi connectivity index (χ1v) is 6.97. The lowest BCUT2D eigenvalue weighted by molar-refractivity contribution is 0.162. The van der Waals surface area contributed by atoms with Crippen molar-refractivity contribution in [1.82, 2.24) is 0 Å². The molecule has 0 spiro atoms. The van der Waals surface area contributed by atoms with Crippen molar-refractivity contribution in [3.63, 3.8) is 0 Å². The Balaban J connectivity index is 1.92. The average molecular weight is 244 g/mol. The molecule has 2 aliphatic carbocycles. The molecule has 0 heterocycles. The Labute approximate surface area is 111 Å². The van der Waals surface area contributed by atoms with Crippen molar-refractivity contribution in [2.45, 2.75) is 46.6 Å². The molecule has 0 aliphatic heterocycles. The second-order valence-corrected chi connectivity index (χ2v) is 5.74. The molecule has 0 aromatic rings. The highest BCUT2D eigenvalue weighted by molar-refractivity contribution is 5.32. The third-order valence-electron chi connectivity index (χ3n) is 3.96. The van der Waals surface area contributed by atoms with Gasteiger partial charge in [0.05, 0.1) is 0 Å². The van der Waals surface area contributed by atoms with E-state index in [-0.39, 0.29) is 6.10 Å². The zero-order valence-electron chi connectivity index (χ0n) is 11.9. The van der Waals surface area contributed by atoms with Gasteiger partial charge in [-0.15, -0.1) is 0 Å². The minimum Gasteiger partial charge on any atom is -0.486 e. The van der Waals surface area contributed by atoms with Gasteiger partial charge in [-0.1, -0.05) is 31.6 Å². The molecule has 98 valence electrons. The second-order valence-electron chi connectivity index (χ2n) is 5.74. The van der Waals surface area contributed by atoms with Crippen LogP contribution in [0.25, 0.3) is 0 Å². The summed E-state index contributed by atoms with van der Waals surface area (Å²) in [6, 6.07) is 0. The van der Waals surface area contributed by atoms with Gasteiger partial charge in [0.25, 0.3) is 0 Å². The molecule has 2 unspecified atom stereocenters. The van der Waals surface area contributed by atoms with Gasteiger partial charge < -0.3 is 4.74 Å². The van der Waals surface area contributed by atoms with E-state index in [4.69, 9.17) is 4.74 Å². The van der Waals surface area contributed by atoms with Crippen LogP contribution in [0.2, 0.25) is 0 Å². The van der Waals surface area contributed by atoms with Crippen LogP contribution in [0.1, 0.15) is 40.5 Å². The minimum atomic E-state index is 0.209. The Morgan fingerprint density at radius 1 is 1.11 bits per heavy atom. The molecule has 2 aliphatic rings. The zero-order chi connectivity index (χ0) is 13.1. The summed E-state index contributed by atoms with van der Waals surface area (Å²) in [7, 11) is 0. The lowest BCUT2D eigenvalue weighted by Crippen LogP contribution is -2.14.